The molecule has 2 rings (SSSR count). The van der Waals surface area contributed by atoms with E-state index in [4.69, 9.17) is 11.6 Å². The molecule has 23 heavy (non-hydrogen) atoms. The summed E-state index contributed by atoms with van der Waals surface area (Å²) in [6.45, 7) is 0. The highest BCUT2D eigenvalue weighted by molar-refractivity contribution is 6.43. The highest BCUT2D eigenvalue weighted by atomic mass is 35.5. The fourth-order valence-electron chi connectivity index (χ4n) is 1.68. The zero-order valence-electron chi connectivity index (χ0n) is 11.4. The van der Waals surface area contributed by atoms with Crippen molar-refractivity contribution in [3.8, 4) is 0 Å². The molecule has 0 atom stereocenters. The Kier molecular flexibility index (Phi) is 4.90. The molecule has 0 aliphatic rings. The molecule has 0 fully saturated rings. The van der Waals surface area contributed by atoms with Crippen molar-refractivity contribution in [2.24, 2.45) is 0 Å². The molecule has 0 aromatic heterocycles. The van der Waals surface area contributed by atoms with E-state index in [2.05, 4.69) is 10.6 Å². The number of halogens is 4. The maximum Gasteiger partial charge on any atom is 0.416 e. The summed E-state index contributed by atoms with van der Waals surface area (Å²) in [5.74, 6) is -1.98. The lowest BCUT2D eigenvalue weighted by atomic mass is 10.2. The van der Waals surface area contributed by atoms with Gasteiger partial charge in [-0.15, -0.1) is 0 Å². The Morgan fingerprint density at radius 1 is 0.870 bits per heavy atom. The first kappa shape index (κ1) is 16.8. The van der Waals surface area contributed by atoms with Crippen LogP contribution in [0.2, 0.25) is 5.02 Å². The van der Waals surface area contributed by atoms with E-state index in [9.17, 15) is 22.8 Å². The lowest BCUT2D eigenvalue weighted by Crippen LogP contribution is -2.29. The summed E-state index contributed by atoms with van der Waals surface area (Å²) in [4.78, 5) is 23.4. The fraction of sp³-hybridized carbons (Fsp3) is 0.0667. The van der Waals surface area contributed by atoms with Crippen molar-refractivity contribution in [1.82, 2.24) is 0 Å². The van der Waals surface area contributed by atoms with Crippen LogP contribution in [0, 0.1) is 0 Å². The van der Waals surface area contributed by atoms with Crippen molar-refractivity contribution >= 4 is 34.8 Å². The number of anilines is 2. The number of nitrogens with one attached hydrogen (secondary N) is 2. The van der Waals surface area contributed by atoms with Crippen molar-refractivity contribution < 1.29 is 22.8 Å². The van der Waals surface area contributed by atoms with Crippen LogP contribution in [0.3, 0.4) is 0 Å². The number of amides is 2. The van der Waals surface area contributed by atoms with Gasteiger partial charge < -0.3 is 10.6 Å². The Morgan fingerprint density at radius 3 is 1.96 bits per heavy atom. The van der Waals surface area contributed by atoms with Crippen LogP contribution in [0.15, 0.2) is 48.5 Å². The zero-order valence-corrected chi connectivity index (χ0v) is 12.2. The number of carbonyl (C=O) groups is 2. The molecule has 2 aromatic carbocycles. The van der Waals surface area contributed by atoms with E-state index in [-0.39, 0.29) is 5.69 Å². The molecule has 2 aromatic rings. The summed E-state index contributed by atoms with van der Waals surface area (Å²) in [5.41, 5.74) is -0.451. The van der Waals surface area contributed by atoms with Crippen LogP contribution in [0.4, 0.5) is 24.5 Å². The molecule has 0 heterocycles. The standard InChI is InChI=1S/C15H10ClF3N2O2/c16-10-2-1-3-12(8-10)21-14(23)13(22)20-11-6-4-9(5-7-11)15(17,18)19/h1-8H,(H,20,22)(H,21,23). The Hall–Kier alpha value is -2.54. The molecule has 0 spiro atoms. The molecule has 2 N–H and O–H groups in total. The first-order valence-corrected chi connectivity index (χ1v) is 6.68. The molecule has 0 aliphatic heterocycles. The second-order valence-corrected chi connectivity index (χ2v) is 4.93. The number of benzene rings is 2. The van der Waals surface area contributed by atoms with Gasteiger partial charge in [0.25, 0.3) is 0 Å². The molecular formula is C15H10ClF3N2O2. The second-order valence-electron chi connectivity index (χ2n) is 4.49. The van der Waals surface area contributed by atoms with Gasteiger partial charge in [-0.2, -0.15) is 13.2 Å². The van der Waals surface area contributed by atoms with E-state index in [1.807, 2.05) is 0 Å². The first-order valence-electron chi connectivity index (χ1n) is 6.31. The smallest absolute Gasteiger partial charge is 0.318 e. The first-order chi connectivity index (χ1) is 10.8. The summed E-state index contributed by atoms with van der Waals surface area (Å²) in [6, 6.07) is 9.92. The van der Waals surface area contributed by atoms with Gasteiger partial charge in [0.15, 0.2) is 0 Å². The average molecular weight is 343 g/mol. The van der Waals surface area contributed by atoms with Crippen LogP contribution in [-0.2, 0) is 15.8 Å². The van der Waals surface area contributed by atoms with E-state index in [1.54, 1.807) is 12.1 Å². The predicted octanol–water partition coefficient (Wildman–Crippen LogP) is 3.94. The largest absolute Gasteiger partial charge is 0.416 e. The third kappa shape index (κ3) is 4.72. The maximum atomic E-state index is 12.4. The van der Waals surface area contributed by atoms with E-state index in [0.29, 0.717) is 10.7 Å². The summed E-state index contributed by atoms with van der Waals surface area (Å²) in [5, 5.41) is 4.91. The van der Waals surface area contributed by atoms with Crippen molar-refractivity contribution in [2.45, 2.75) is 6.18 Å². The van der Waals surface area contributed by atoms with Crippen LogP contribution >= 0.6 is 11.6 Å². The molecule has 0 unspecified atom stereocenters. The Bertz CT molecular complexity index is 730. The van der Waals surface area contributed by atoms with Crippen LogP contribution in [-0.4, -0.2) is 11.8 Å². The van der Waals surface area contributed by atoms with Crippen molar-refractivity contribution in [2.75, 3.05) is 10.6 Å². The molecule has 0 radical (unpaired) electrons. The highest BCUT2D eigenvalue weighted by Gasteiger charge is 2.30. The van der Waals surface area contributed by atoms with Gasteiger partial charge in [-0.3, -0.25) is 9.59 Å². The molecule has 0 aliphatic carbocycles. The van der Waals surface area contributed by atoms with Crippen molar-refractivity contribution in [3.63, 3.8) is 0 Å². The van der Waals surface area contributed by atoms with Crippen molar-refractivity contribution in [3.05, 3.63) is 59.1 Å². The van der Waals surface area contributed by atoms with Crippen LogP contribution < -0.4 is 10.6 Å². The summed E-state index contributed by atoms with van der Waals surface area (Å²) in [6.07, 6.45) is -4.47. The van der Waals surface area contributed by atoms with Crippen LogP contribution in [0.1, 0.15) is 5.56 Å². The third-order valence-corrected chi connectivity index (χ3v) is 2.99. The third-order valence-electron chi connectivity index (χ3n) is 2.76. The number of rotatable bonds is 2. The second kappa shape index (κ2) is 6.70. The average Bonchev–Trinajstić information content (AvgIpc) is 2.46. The summed E-state index contributed by atoms with van der Waals surface area (Å²) < 4.78 is 37.3. The molecule has 4 nitrogen and oxygen atoms in total. The maximum absolute atomic E-state index is 12.4. The van der Waals surface area contributed by atoms with Gasteiger partial charge in [-0.25, -0.2) is 0 Å². The van der Waals surface area contributed by atoms with E-state index < -0.39 is 23.6 Å². The van der Waals surface area contributed by atoms with Crippen LogP contribution in [0.25, 0.3) is 0 Å². The van der Waals surface area contributed by atoms with E-state index in [1.165, 1.54) is 12.1 Å². The summed E-state index contributed by atoms with van der Waals surface area (Å²) in [7, 11) is 0. The normalized spacial score (nSPS) is 11.0. The number of carbonyl (C=O) groups excluding carboxylic acids is 2. The Labute approximate surface area is 134 Å². The Balaban J connectivity index is 2.00. The SMILES string of the molecule is O=C(Nc1ccc(C(F)(F)F)cc1)C(=O)Nc1cccc(Cl)c1. The number of hydrogen-bond acceptors (Lipinski definition) is 2. The van der Waals surface area contributed by atoms with Crippen molar-refractivity contribution in [1.29, 1.82) is 0 Å². The lowest BCUT2D eigenvalue weighted by molar-refractivity contribution is -0.137. The van der Waals surface area contributed by atoms with Gasteiger partial charge in [0.2, 0.25) is 0 Å². The number of hydrogen-bond donors (Lipinski definition) is 2. The van der Waals surface area contributed by atoms with Gasteiger partial charge >= 0.3 is 18.0 Å². The van der Waals surface area contributed by atoms with Crippen LogP contribution in [0.5, 0.6) is 0 Å². The highest BCUT2D eigenvalue weighted by Crippen LogP contribution is 2.29. The lowest BCUT2D eigenvalue weighted by Gasteiger charge is -2.09. The Morgan fingerprint density at radius 2 is 1.43 bits per heavy atom. The zero-order chi connectivity index (χ0) is 17.0. The quantitative estimate of drug-likeness (QED) is 0.812. The number of alkyl halides is 3. The van der Waals surface area contributed by atoms with Gasteiger partial charge in [0.05, 0.1) is 5.56 Å². The van der Waals surface area contributed by atoms with E-state index >= 15 is 0 Å². The van der Waals surface area contributed by atoms with Gasteiger partial charge in [0.1, 0.15) is 0 Å². The molecule has 2 amide bonds. The summed E-state index contributed by atoms with van der Waals surface area (Å²) >= 11 is 5.75. The van der Waals surface area contributed by atoms with Gasteiger partial charge in [-0.1, -0.05) is 17.7 Å². The van der Waals surface area contributed by atoms with E-state index in [0.717, 1.165) is 24.3 Å². The van der Waals surface area contributed by atoms with Gasteiger partial charge in [-0.05, 0) is 42.5 Å². The molecule has 120 valence electrons. The minimum atomic E-state index is -4.47. The molecular weight excluding hydrogens is 333 g/mol. The van der Waals surface area contributed by atoms with Gasteiger partial charge in [0, 0.05) is 16.4 Å². The minimum absolute atomic E-state index is 0.0734. The fourth-order valence-corrected chi connectivity index (χ4v) is 1.87. The predicted molar refractivity (Wildman–Crippen MR) is 80.2 cm³/mol. The molecule has 8 heteroatoms. The molecule has 0 saturated carbocycles. The molecule has 0 saturated heterocycles. The minimum Gasteiger partial charge on any atom is -0.318 e. The molecule has 0 bridgehead atoms. The topological polar surface area (TPSA) is 58.2 Å². The monoisotopic (exact) mass is 342 g/mol.